The van der Waals surface area contributed by atoms with Crippen LogP contribution in [0.15, 0.2) is 34.9 Å². The van der Waals surface area contributed by atoms with Gasteiger partial charge in [0.1, 0.15) is 11.5 Å². The molecule has 4 nitrogen and oxygen atoms in total. The summed E-state index contributed by atoms with van der Waals surface area (Å²) in [5, 5.41) is 8.08. The average molecular weight is 311 g/mol. The third kappa shape index (κ3) is 3.48. The summed E-state index contributed by atoms with van der Waals surface area (Å²) in [5.74, 6) is 1.12. The fourth-order valence-electron chi connectivity index (χ4n) is 3.77. The number of fused-ring (bicyclic) bond motifs is 1. The molecule has 2 aliphatic rings. The molecule has 1 aliphatic carbocycles. The molecule has 1 saturated heterocycles. The summed E-state index contributed by atoms with van der Waals surface area (Å²) < 4.78 is 5.60. The summed E-state index contributed by atoms with van der Waals surface area (Å²) in [6, 6.07) is 11.2. The number of nitrogens with zero attached hydrogens (tertiary/aromatic N) is 2. The van der Waals surface area contributed by atoms with Crippen LogP contribution in [-0.4, -0.2) is 29.2 Å². The lowest BCUT2D eigenvalue weighted by atomic mass is 9.91. The van der Waals surface area contributed by atoms with Gasteiger partial charge in [-0.05, 0) is 44.3 Å². The first-order valence-corrected chi connectivity index (χ1v) is 8.84. The third-order valence-electron chi connectivity index (χ3n) is 5.13. The number of hydrogen-bond donors (Lipinski definition) is 1. The summed E-state index contributed by atoms with van der Waals surface area (Å²) in [4.78, 5) is 2.50. The maximum atomic E-state index is 5.60. The van der Waals surface area contributed by atoms with Gasteiger partial charge in [0.2, 0.25) is 0 Å². The van der Waals surface area contributed by atoms with E-state index in [-0.39, 0.29) is 0 Å². The molecule has 1 aromatic heterocycles. The average Bonchev–Trinajstić information content (AvgIpc) is 3.24. The second-order valence-corrected chi connectivity index (χ2v) is 6.82. The van der Waals surface area contributed by atoms with E-state index in [1.807, 2.05) is 0 Å². The molecule has 4 heteroatoms. The van der Waals surface area contributed by atoms with Crippen LogP contribution in [0.1, 0.15) is 41.8 Å². The molecule has 1 aliphatic heterocycles. The van der Waals surface area contributed by atoms with E-state index in [4.69, 9.17) is 4.52 Å². The van der Waals surface area contributed by atoms with Gasteiger partial charge in [-0.1, -0.05) is 35.5 Å². The number of rotatable bonds is 5. The second kappa shape index (κ2) is 6.85. The van der Waals surface area contributed by atoms with Gasteiger partial charge in [0.25, 0.3) is 0 Å². The van der Waals surface area contributed by atoms with Crippen molar-refractivity contribution >= 4 is 0 Å². The van der Waals surface area contributed by atoms with E-state index in [0.717, 1.165) is 38.1 Å². The molecule has 1 unspecified atom stereocenters. The number of aryl methyl sites for hydroxylation is 1. The van der Waals surface area contributed by atoms with Crippen LogP contribution in [0.5, 0.6) is 0 Å². The molecule has 0 amide bonds. The number of aromatic nitrogens is 1. The number of nitrogens with one attached hydrogen (secondary N) is 1. The summed E-state index contributed by atoms with van der Waals surface area (Å²) >= 11 is 0. The highest BCUT2D eigenvalue weighted by Gasteiger charge is 2.26. The van der Waals surface area contributed by atoms with Crippen molar-refractivity contribution in [3.63, 3.8) is 0 Å². The number of hydrogen-bond acceptors (Lipinski definition) is 4. The molecule has 4 rings (SSSR count). The smallest absolute Gasteiger partial charge is 0.140 e. The van der Waals surface area contributed by atoms with Crippen LogP contribution in [0.25, 0.3) is 0 Å². The van der Waals surface area contributed by atoms with Crippen molar-refractivity contribution in [2.24, 2.45) is 0 Å². The Bertz CT molecular complexity index is 631. The minimum Gasteiger partial charge on any atom is -0.361 e. The molecule has 1 atom stereocenters. The van der Waals surface area contributed by atoms with Crippen LogP contribution in [-0.2, 0) is 25.9 Å². The van der Waals surface area contributed by atoms with E-state index in [1.54, 1.807) is 0 Å². The number of benzene rings is 1. The van der Waals surface area contributed by atoms with E-state index in [1.165, 1.54) is 42.8 Å². The van der Waals surface area contributed by atoms with Crippen molar-refractivity contribution < 1.29 is 4.52 Å². The molecule has 122 valence electrons. The van der Waals surface area contributed by atoms with E-state index >= 15 is 0 Å². The van der Waals surface area contributed by atoms with Gasteiger partial charge >= 0.3 is 0 Å². The van der Waals surface area contributed by atoms with Crippen molar-refractivity contribution in [2.45, 2.75) is 51.2 Å². The first-order chi connectivity index (χ1) is 11.4. The lowest BCUT2D eigenvalue weighted by Crippen LogP contribution is -2.34. The van der Waals surface area contributed by atoms with Gasteiger partial charge in [0, 0.05) is 31.1 Å². The van der Waals surface area contributed by atoms with Gasteiger partial charge in [0.05, 0.1) is 0 Å². The Balaban J connectivity index is 1.38. The molecule has 0 spiro atoms. The summed E-state index contributed by atoms with van der Waals surface area (Å²) in [5.41, 5.74) is 3.89. The first-order valence-electron chi connectivity index (χ1n) is 8.84. The van der Waals surface area contributed by atoms with Crippen LogP contribution in [0.3, 0.4) is 0 Å². The fraction of sp³-hybridized carbons (Fsp3) is 0.526. The Morgan fingerprint density at radius 1 is 1.17 bits per heavy atom. The quantitative estimate of drug-likeness (QED) is 0.922. The Morgan fingerprint density at radius 3 is 2.83 bits per heavy atom. The van der Waals surface area contributed by atoms with E-state index in [9.17, 15) is 0 Å². The van der Waals surface area contributed by atoms with Crippen molar-refractivity contribution in [3.05, 3.63) is 52.9 Å². The van der Waals surface area contributed by atoms with Crippen LogP contribution in [0, 0.1) is 0 Å². The zero-order chi connectivity index (χ0) is 15.5. The topological polar surface area (TPSA) is 41.3 Å². The zero-order valence-corrected chi connectivity index (χ0v) is 13.6. The molecular weight excluding hydrogens is 286 g/mol. The molecule has 1 N–H and O–H groups in total. The SMILES string of the molecule is c1ccc(CNC2CCc3onc(CN4CCCC4)c3C2)cc1. The van der Waals surface area contributed by atoms with E-state index in [0.29, 0.717) is 6.04 Å². The maximum Gasteiger partial charge on any atom is 0.140 e. The van der Waals surface area contributed by atoms with Crippen molar-refractivity contribution in [1.29, 1.82) is 0 Å². The van der Waals surface area contributed by atoms with Gasteiger partial charge < -0.3 is 9.84 Å². The molecule has 23 heavy (non-hydrogen) atoms. The Kier molecular flexibility index (Phi) is 4.44. The normalized spacial score (nSPS) is 21.5. The lowest BCUT2D eigenvalue weighted by Gasteiger charge is -2.23. The van der Waals surface area contributed by atoms with Gasteiger partial charge in [-0.3, -0.25) is 4.90 Å². The van der Waals surface area contributed by atoms with Crippen LogP contribution < -0.4 is 5.32 Å². The second-order valence-electron chi connectivity index (χ2n) is 6.82. The minimum absolute atomic E-state index is 0.527. The predicted octanol–water partition coefficient (Wildman–Crippen LogP) is 2.92. The largest absolute Gasteiger partial charge is 0.361 e. The Hall–Kier alpha value is -1.65. The lowest BCUT2D eigenvalue weighted by molar-refractivity contribution is 0.309. The fourth-order valence-corrected chi connectivity index (χ4v) is 3.77. The predicted molar refractivity (Wildman–Crippen MR) is 90.1 cm³/mol. The zero-order valence-electron chi connectivity index (χ0n) is 13.6. The highest BCUT2D eigenvalue weighted by Crippen LogP contribution is 2.26. The highest BCUT2D eigenvalue weighted by atomic mass is 16.5. The molecule has 0 saturated carbocycles. The minimum atomic E-state index is 0.527. The van der Waals surface area contributed by atoms with Gasteiger partial charge in [-0.25, -0.2) is 0 Å². The van der Waals surface area contributed by atoms with E-state index < -0.39 is 0 Å². The van der Waals surface area contributed by atoms with Crippen LogP contribution in [0.2, 0.25) is 0 Å². The van der Waals surface area contributed by atoms with E-state index in [2.05, 4.69) is 45.7 Å². The molecule has 0 radical (unpaired) electrons. The maximum absolute atomic E-state index is 5.60. The molecular formula is C19H25N3O. The van der Waals surface area contributed by atoms with Gasteiger partial charge in [-0.15, -0.1) is 0 Å². The van der Waals surface area contributed by atoms with Crippen LogP contribution in [0.4, 0.5) is 0 Å². The molecule has 0 bridgehead atoms. The van der Waals surface area contributed by atoms with Crippen molar-refractivity contribution in [2.75, 3.05) is 13.1 Å². The highest BCUT2D eigenvalue weighted by molar-refractivity contribution is 5.27. The first kappa shape index (κ1) is 14.9. The van der Waals surface area contributed by atoms with Crippen LogP contribution >= 0.6 is 0 Å². The molecule has 1 aromatic carbocycles. The standard InChI is InChI=1S/C19H25N3O/c1-2-6-15(7-3-1)13-20-16-8-9-19-17(12-16)18(21-23-19)14-22-10-4-5-11-22/h1-3,6-7,16,20H,4-5,8-14H2. The molecule has 2 aromatic rings. The monoisotopic (exact) mass is 311 g/mol. The molecule has 2 heterocycles. The summed E-state index contributed by atoms with van der Waals surface area (Å²) in [6.07, 6.45) is 5.84. The Labute approximate surface area is 137 Å². The third-order valence-corrected chi connectivity index (χ3v) is 5.13. The summed E-state index contributed by atoms with van der Waals surface area (Å²) in [6.45, 7) is 4.31. The van der Waals surface area contributed by atoms with Crippen molar-refractivity contribution in [3.8, 4) is 0 Å². The summed E-state index contributed by atoms with van der Waals surface area (Å²) in [7, 11) is 0. The Morgan fingerprint density at radius 2 is 2.00 bits per heavy atom. The molecule has 1 fully saturated rings. The van der Waals surface area contributed by atoms with Gasteiger partial charge in [0.15, 0.2) is 0 Å². The number of likely N-dealkylation sites (tertiary alicyclic amines) is 1. The van der Waals surface area contributed by atoms with Crippen molar-refractivity contribution in [1.82, 2.24) is 15.4 Å². The van der Waals surface area contributed by atoms with Gasteiger partial charge in [-0.2, -0.15) is 0 Å².